The highest BCUT2D eigenvalue weighted by molar-refractivity contribution is 9.10. The van der Waals surface area contributed by atoms with Gasteiger partial charge in [-0.15, -0.1) is 0 Å². The number of carboxylic acids is 1. The molecule has 1 heterocycles. The molecular weight excluding hydrogens is 320 g/mol. The van der Waals surface area contributed by atoms with E-state index in [4.69, 9.17) is 5.11 Å². The van der Waals surface area contributed by atoms with Gasteiger partial charge >= 0.3 is 5.97 Å². The number of hydrogen-bond donors (Lipinski definition) is 1. The summed E-state index contributed by atoms with van der Waals surface area (Å²) in [6.45, 7) is 4.31. The molecule has 1 aromatic heterocycles. The molecule has 0 aliphatic rings. The molecule has 0 radical (unpaired) electrons. The first-order valence-electron chi connectivity index (χ1n) is 6.43. The highest BCUT2D eigenvalue weighted by Gasteiger charge is 2.17. The van der Waals surface area contributed by atoms with Gasteiger partial charge in [-0.3, -0.25) is 9.48 Å². The van der Waals surface area contributed by atoms with Crippen molar-refractivity contribution in [3.63, 3.8) is 0 Å². The summed E-state index contributed by atoms with van der Waals surface area (Å²) in [6, 6.07) is 8.27. The molecule has 0 spiro atoms. The molecule has 2 rings (SSSR count). The summed E-state index contributed by atoms with van der Waals surface area (Å²) in [7, 11) is 1.82. The van der Waals surface area contributed by atoms with Crippen LogP contribution in [0.15, 0.2) is 28.7 Å². The van der Waals surface area contributed by atoms with Crippen LogP contribution >= 0.6 is 15.9 Å². The van der Waals surface area contributed by atoms with Crippen LogP contribution in [-0.2, 0) is 18.3 Å². The molecule has 106 valence electrons. The Kier molecular flexibility index (Phi) is 4.28. The predicted molar refractivity (Wildman–Crippen MR) is 81.8 cm³/mol. The Morgan fingerprint density at radius 2 is 1.95 bits per heavy atom. The van der Waals surface area contributed by atoms with Gasteiger partial charge in [0.15, 0.2) is 0 Å². The Balaban J connectivity index is 2.42. The predicted octanol–water partition coefficient (Wildman–Crippen LogP) is 3.60. The van der Waals surface area contributed by atoms with Crippen molar-refractivity contribution in [2.24, 2.45) is 7.05 Å². The van der Waals surface area contributed by atoms with E-state index in [1.54, 1.807) is 4.68 Å². The number of halogens is 1. The van der Waals surface area contributed by atoms with E-state index in [9.17, 15) is 4.79 Å². The van der Waals surface area contributed by atoms with Crippen LogP contribution in [0.1, 0.15) is 31.0 Å². The number of benzene rings is 1. The third-order valence-electron chi connectivity index (χ3n) is 3.23. The van der Waals surface area contributed by atoms with Crippen molar-refractivity contribution in [1.82, 2.24) is 9.78 Å². The molecular formula is C15H17BrN2O2. The third-order valence-corrected chi connectivity index (χ3v) is 4.06. The van der Waals surface area contributed by atoms with E-state index in [1.165, 1.54) is 5.56 Å². The highest BCUT2D eigenvalue weighted by Crippen LogP contribution is 2.31. The molecule has 0 amide bonds. The molecule has 1 N–H and O–H groups in total. The summed E-state index contributed by atoms with van der Waals surface area (Å²) < 4.78 is 2.46. The number of aliphatic carboxylic acids is 1. The van der Waals surface area contributed by atoms with Gasteiger partial charge in [0.25, 0.3) is 0 Å². The zero-order valence-corrected chi connectivity index (χ0v) is 13.3. The molecule has 1 aromatic carbocycles. The van der Waals surface area contributed by atoms with Crippen LogP contribution in [0.25, 0.3) is 11.3 Å². The van der Waals surface area contributed by atoms with E-state index < -0.39 is 5.97 Å². The molecule has 0 atom stereocenters. The van der Waals surface area contributed by atoms with Crippen LogP contribution in [0, 0.1) is 0 Å². The number of carbonyl (C=O) groups is 1. The van der Waals surface area contributed by atoms with Crippen molar-refractivity contribution < 1.29 is 9.90 Å². The molecule has 0 saturated carbocycles. The van der Waals surface area contributed by atoms with Crippen molar-refractivity contribution in [3.8, 4) is 11.3 Å². The van der Waals surface area contributed by atoms with E-state index in [-0.39, 0.29) is 6.42 Å². The van der Waals surface area contributed by atoms with Crippen LogP contribution in [0.5, 0.6) is 0 Å². The van der Waals surface area contributed by atoms with Gasteiger partial charge in [-0.25, -0.2) is 0 Å². The third kappa shape index (κ3) is 2.93. The van der Waals surface area contributed by atoms with Gasteiger partial charge in [-0.2, -0.15) is 5.10 Å². The first kappa shape index (κ1) is 14.8. The van der Waals surface area contributed by atoms with Crippen LogP contribution in [0.3, 0.4) is 0 Å². The Labute approximate surface area is 126 Å². The van der Waals surface area contributed by atoms with Crippen molar-refractivity contribution in [2.45, 2.75) is 26.2 Å². The molecule has 0 unspecified atom stereocenters. The van der Waals surface area contributed by atoms with Crippen LogP contribution < -0.4 is 0 Å². The molecule has 20 heavy (non-hydrogen) atoms. The molecule has 0 aliphatic heterocycles. The van der Waals surface area contributed by atoms with Crippen molar-refractivity contribution in [2.75, 3.05) is 0 Å². The standard InChI is InChI=1S/C15H17BrN2O2/c1-9(2)10-4-6-11(7-5-10)15-14(16)12(8-13(19)20)17-18(15)3/h4-7,9H,8H2,1-3H3,(H,19,20). The monoisotopic (exact) mass is 336 g/mol. The fraction of sp³-hybridized carbons (Fsp3) is 0.333. The first-order valence-corrected chi connectivity index (χ1v) is 7.23. The molecule has 5 heteroatoms. The molecule has 2 aromatic rings. The average molecular weight is 337 g/mol. The lowest BCUT2D eigenvalue weighted by Gasteiger charge is -2.07. The van der Waals surface area contributed by atoms with E-state index in [2.05, 4.69) is 47.0 Å². The van der Waals surface area contributed by atoms with E-state index in [1.807, 2.05) is 19.2 Å². The first-order chi connectivity index (χ1) is 9.40. The minimum Gasteiger partial charge on any atom is -0.481 e. The lowest BCUT2D eigenvalue weighted by Crippen LogP contribution is -2.02. The topological polar surface area (TPSA) is 55.1 Å². The normalized spacial score (nSPS) is 11.1. The maximum atomic E-state index is 10.8. The summed E-state index contributed by atoms with van der Waals surface area (Å²) in [5.74, 6) is -0.396. The van der Waals surface area contributed by atoms with E-state index >= 15 is 0 Å². The lowest BCUT2D eigenvalue weighted by atomic mass is 10.0. The summed E-state index contributed by atoms with van der Waals surface area (Å²) in [5.41, 5.74) is 3.74. The Hall–Kier alpha value is -1.62. The Bertz CT molecular complexity index is 630. The number of aryl methyl sites for hydroxylation is 1. The van der Waals surface area contributed by atoms with Crippen LogP contribution in [0.2, 0.25) is 0 Å². The zero-order chi connectivity index (χ0) is 14.9. The quantitative estimate of drug-likeness (QED) is 0.927. The minimum atomic E-state index is -0.884. The molecule has 4 nitrogen and oxygen atoms in total. The van der Waals surface area contributed by atoms with Gasteiger partial charge in [0.2, 0.25) is 0 Å². The Morgan fingerprint density at radius 1 is 1.35 bits per heavy atom. The summed E-state index contributed by atoms with van der Waals surface area (Å²) in [4.78, 5) is 10.8. The number of hydrogen-bond acceptors (Lipinski definition) is 2. The molecule has 0 aliphatic carbocycles. The zero-order valence-electron chi connectivity index (χ0n) is 11.7. The smallest absolute Gasteiger partial charge is 0.309 e. The molecule has 0 fully saturated rings. The second kappa shape index (κ2) is 5.79. The minimum absolute atomic E-state index is 0.0848. The van der Waals surface area contributed by atoms with Gasteiger partial charge in [0, 0.05) is 12.6 Å². The number of rotatable bonds is 4. The van der Waals surface area contributed by atoms with Gasteiger partial charge in [-0.05, 0) is 27.4 Å². The van der Waals surface area contributed by atoms with Crippen molar-refractivity contribution >= 4 is 21.9 Å². The largest absolute Gasteiger partial charge is 0.481 e. The highest BCUT2D eigenvalue weighted by atomic mass is 79.9. The van der Waals surface area contributed by atoms with Crippen molar-refractivity contribution in [3.05, 3.63) is 40.0 Å². The molecule has 0 saturated heterocycles. The average Bonchev–Trinajstić information content (AvgIpc) is 2.64. The van der Waals surface area contributed by atoms with Gasteiger partial charge < -0.3 is 5.11 Å². The van der Waals surface area contributed by atoms with Crippen LogP contribution in [0.4, 0.5) is 0 Å². The van der Waals surface area contributed by atoms with E-state index in [0.29, 0.717) is 11.6 Å². The fourth-order valence-corrected chi connectivity index (χ4v) is 2.85. The van der Waals surface area contributed by atoms with E-state index in [0.717, 1.165) is 15.7 Å². The summed E-state index contributed by atoms with van der Waals surface area (Å²) in [5, 5.41) is 13.2. The molecule has 0 bridgehead atoms. The maximum Gasteiger partial charge on any atom is 0.309 e. The van der Waals surface area contributed by atoms with Crippen LogP contribution in [-0.4, -0.2) is 20.9 Å². The van der Waals surface area contributed by atoms with Gasteiger partial charge in [0.05, 0.1) is 22.3 Å². The van der Waals surface area contributed by atoms with Crippen molar-refractivity contribution in [1.29, 1.82) is 0 Å². The number of carboxylic acid groups (broad SMARTS) is 1. The van der Waals surface area contributed by atoms with Gasteiger partial charge in [-0.1, -0.05) is 38.1 Å². The maximum absolute atomic E-state index is 10.8. The number of nitrogens with zero attached hydrogens (tertiary/aromatic N) is 2. The SMILES string of the molecule is CC(C)c1ccc(-c2c(Br)c(CC(=O)O)nn2C)cc1. The second-order valence-corrected chi connectivity index (χ2v) is 5.87. The van der Waals surface area contributed by atoms with Gasteiger partial charge in [0.1, 0.15) is 0 Å². The second-order valence-electron chi connectivity index (χ2n) is 5.08. The summed E-state index contributed by atoms with van der Waals surface area (Å²) >= 11 is 3.47. The lowest BCUT2D eigenvalue weighted by molar-refractivity contribution is -0.136. The fourth-order valence-electron chi connectivity index (χ4n) is 2.15. The Morgan fingerprint density at radius 3 is 2.45 bits per heavy atom. The number of aromatic nitrogens is 2. The summed E-state index contributed by atoms with van der Waals surface area (Å²) in [6.07, 6.45) is -0.0848.